The number of aryl methyl sites for hydroxylation is 1. The Kier molecular flexibility index (Phi) is 8.90. The van der Waals surface area contributed by atoms with Crippen LogP contribution in [-0.2, 0) is 4.74 Å². The van der Waals surface area contributed by atoms with Gasteiger partial charge >= 0.3 is 0 Å². The van der Waals surface area contributed by atoms with Crippen LogP contribution in [0.2, 0.25) is 0 Å². The van der Waals surface area contributed by atoms with Crippen LogP contribution in [0.25, 0.3) is 10.9 Å². The van der Waals surface area contributed by atoms with Crippen LogP contribution in [0.15, 0.2) is 24.3 Å². The van der Waals surface area contributed by atoms with Gasteiger partial charge in [0.1, 0.15) is 5.82 Å². The molecule has 2 aliphatic heterocycles. The number of ether oxygens (including phenoxy) is 1. The Bertz CT molecular complexity index is 1250. The number of nitrogens with one attached hydrogen (secondary N) is 3. The van der Waals surface area contributed by atoms with Crippen molar-refractivity contribution in [1.29, 1.82) is 5.26 Å². The molecule has 0 aliphatic carbocycles. The predicted octanol–water partition coefficient (Wildman–Crippen LogP) is 4.13. The van der Waals surface area contributed by atoms with E-state index in [0.29, 0.717) is 18.3 Å². The Morgan fingerprint density at radius 3 is 2.89 bits per heavy atom. The van der Waals surface area contributed by atoms with E-state index in [-0.39, 0.29) is 12.1 Å². The molecule has 2 saturated heterocycles. The quantitative estimate of drug-likeness (QED) is 0.329. The number of anilines is 4. The summed E-state index contributed by atoms with van der Waals surface area (Å²) in [6.07, 6.45) is 6.81. The lowest BCUT2D eigenvalue weighted by Crippen LogP contribution is -2.36. The van der Waals surface area contributed by atoms with Crippen molar-refractivity contribution in [1.82, 2.24) is 20.2 Å². The molecule has 1 aromatic carbocycles. The van der Waals surface area contributed by atoms with Crippen LogP contribution in [0.5, 0.6) is 0 Å². The number of H-pyrrole nitrogens is 1. The molecule has 0 radical (unpaired) electrons. The number of aromatic amines is 1. The molecule has 11 heteroatoms. The van der Waals surface area contributed by atoms with E-state index in [1.807, 2.05) is 13.0 Å². The van der Waals surface area contributed by atoms with Gasteiger partial charge in [-0.2, -0.15) is 15.3 Å². The van der Waals surface area contributed by atoms with E-state index in [0.717, 1.165) is 101 Å². The zero-order valence-electron chi connectivity index (χ0n) is 22.0. The molecular weight excluding hydrogens is 497 g/mol. The number of morpholine rings is 1. The minimum Gasteiger partial charge on any atom is -0.378 e. The molecule has 38 heavy (non-hydrogen) atoms. The first-order valence-electron chi connectivity index (χ1n) is 13.6. The average molecular weight is 536 g/mol. The number of rotatable bonds is 7. The van der Waals surface area contributed by atoms with E-state index in [1.54, 1.807) is 0 Å². The Labute approximate surface area is 225 Å². The summed E-state index contributed by atoms with van der Waals surface area (Å²) in [6.45, 7) is 5.19. The molecule has 10 nitrogen and oxygen atoms in total. The molecule has 5 N–H and O–H groups in total. The van der Waals surface area contributed by atoms with E-state index in [2.05, 4.69) is 50.0 Å². The Morgan fingerprint density at radius 1 is 1.24 bits per heavy atom. The molecule has 2 fully saturated rings. The van der Waals surface area contributed by atoms with Crippen molar-refractivity contribution in [3.63, 3.8) is 0 Å². The smallest absolute Gasteiger partial charge is 0.225 e. The molecule has 4 heterocycles. The summed E-state index contributed by atoms with van der Waals surface area (Å²) in [5.41, 5.74) is 9.61. The molecule has 2 aliphatic rings. The zero-order valence-corrected chi connectivity index (χ0v) is 23.0. The van der Waals surface area contributed by atoms with E-state index in [1.165, 1.54) is 6.16 Å². The second kappa shape index (κ2) is 12.7. The van der Waals surface area contributed by atoms with Gasteiger partial charge in [0.15, 0.2) is 5.82 Å². The highest BCUT2D eigenvalue weighted by Gasteiger charge is 2.22. The summed E-state index contributed by atoms with van der Waals surface area (Å²) in [5.74, 6) is 2.59. The maximum atomic E-state index is 9.01. The van der Waals surface area contributed by atoms with Crippen molar-refractivity contribution in [3.8, 4) is 6.07 Å². The third kappa shape index (κ3) is 6.90. The maximum Gasteiger partial charge on any atom is 0.225 e. The van der Waals surface area contributed by atoms with Gasteiger partial charge < -0.3 is 26.0 Å². The lowest BCUT2D eigenvalue weighted by atomic mass is 9.91. The third-order valence-electron chi connectivity index (χ3n) is 7.35. The number of nitrogens with zero attached hydrogens (tertiary/aromatic N) is 5. The molecule has 0 saturated carbocycles. The van der Waals surface area contributed by atoms with Crippen LogP contribution >= 0.6 is 8.58 Å². The largest absolute Gasteiger partial charge is 0.378 e. The van der Waals surface area contributed by atoms with Gasteiger partial charge in [-0.3, -0.25) is 5.10 Å². The van der Waals surface area contributed by atoms with Crippen molar-refractivity contribution < 1.29 is 4.74 Å². The fraction of sp³-hybridized carbons (Fsp3) is 0.556. The van der Waals surface area contributed by atoms with Crippen LogP contribution in [0.4, 0.5) is 23.3 Å². The van der Waals surface area contributed by atoms with E-state index < -0.39 is 0 Å². The summed E-state index contributed by atoms with van der Waals surface area (Å²) >= 11 is 0. The normalized spacial score (nSPS) is 23.4. The molecule has 5 rings (SSSR count). The first kappa shape index (κ1) is 26.6. The highest BCUT2D eigenvalue weighted by Crippen LogP contribution is 2.31. The molecule has 0 spiro atoms. The zero-order chi connectivity index (χ0) is 26.3. The molecule has 0 bridgehead atoms. The van der Waals surface area contributed by atoms with Gasteiger partial charge in [-0.1, -0.05) is 0 Å². The van der Waals surface area contributed by atoms with E-state index in [9.17, 15) is 0 Å². The summed E-state index contributed by atoms with van der Waals surface area (Å²) in [4.78, 5) is 12.2. The number of nitrogens with two attached hydrogens (primary N) is 1. The van der Waals surface area contributed by atoms with Crippen molar-refractivity contribution >= 4 is 42.8 Å². The Balaban J connectivity index is 1.40. The van der Waals surface area contributed by atoms with Gasteiger partial charge in [0.2, 0.25) is 5.95 Å². The molecule has 202 valence electrons. The van der Waals surface area contributed by atoms with Gasteiger partial charge in [-0.05, 0) is 69.0 Å². The first-order valence-corrected chi connectivity index (χ1v) is 15.0. The van der Waals surface area contributed by atoms with Crippen LogP contribution in [0.1, 0.15) is 37.8 Å². The number of benzene rings is 1. The van der Waals surface area contributed by atoms with E-state index >= 15 is 0 Å². The van der Waals surface area contributed by atoms with Gasteiger partial charge in [-0.15, -0.1) is 8.58 Å². The van der Waals surface area contributed by atoms with E-state index in [4.69, 9.17) is 25.7 Å². The molecular formula is C27H38N9OP. The lowest BCUT2D eigenvalue weighted by Gasteiger charge is -2.29. The molecule has 2 aromatic heterocycles. The summed E-state index contributed by atoms with van der Waals surface area (Å²) < 4.78 is 5.54. The van der Waals surface area contributed by atoms with Crippen molar-refractivity contribution in [2.75, 3.05) is 54.2 Å². The fourth-order valence-electron chi connectivity index (χ4n) is 5.40. The number of hydrogen-bond donors (Lipinski definition) is 4. The Hall–Kier alpha value is -2.99. The maximum absolute atomic E-state index is 9.01. The SMILES string of the molecule is Cc1cc(Nc2nc(NC3CPCCC(CCC#N)CC(N)C3)nc3cc(N4CCOCC4)ccc23)n[nH]1. The van der Waals surface area contributed by atoms with Crippen molar-refractivity contribution in [3.05, 3.63) is 30.0 Å². The van der Waals surface area contributed by atoms with Crippen LogP contribution in [0.3, 0.4) is 0 Å². The third-order valence-corrected chi connectivity index (χ3v) is 8.77. The van der Waals surface area contributed by atoms with Crippen LogP contribution < -0.4 is 21.3 Å². The minimum absolute atomic E-state index is 0.0945. The van der Waals surface area contributed by atoms with Crippen molar-refractivity contribution in [2.45, 2.75) is 51.1 Å². The number of nitriles is 1. The van der Waals surface area contributed by atoms with Gasteiger partial charge in [0, 0.05) is 54.4 Å². The molecule has 3 aromatic rings. The summed E-state index contributed by atoms with van der Waals surface area (Å²) in [5, 5.41) is 24.3. The topological polar surface area (TPSA) is 141 Å². The summed E-state index contributed by atoms with van der Waals surface area (Å²) in [6, 6.07) is 10.9. The standard InChI is InChI=1S/C27H38N9OP/c1-18-13-25(35-34-18)32-26-23-5-4-22(36-8-10-37-11-9-36)16-24(23)31-27(33-26)30-21-15-20(29)14-19(3-2-7-28)6-12-38-17-21/h4-5,13,16,19-21,38H,2-3,6,8-12,14-15,17,29H2,1H3,(H3,30,31,32,33,34,35). The second-order valence-corrected chi connectivity index (χ2v) is 11.8. The van der Waals surface area contributed by atoms with Crippen molar-refractivity contribution in [2.24, 2.45) is 11.7 Å². The number of aromatic nitrogens is 4. The average Bonchev–Trinajstić information content (AvgIpc) is 3.36. The number of fused-ring (bicyclic) bond motifs is 1. The Morgan fingerprint density at radius 2 is 2.11 bits per heavy atom. The van der Waals surface area contributed by atoms with Gasteiger partial charge in [-0.25, -0.2) is 4.98 Å². The first-order chi connectivity index (χ1) is 18.6. The fourth-order valence-corrected chi connectivity index (χ4v) is 6.83. The van der Waals surface area contributed by atoms with Crippen LogP contribution in [-0.4, -0.2) is 70.9 Å². The molecule has 0 amide bonds. The minimum atomic E-state index is 0.0945. The second-order valence-electron chi connectivity index (χ2n) is 10.4. The summed E-state index contributed by atoms with van der Waals surface area (Å²) in [7, 11) is 0.854. The molecule has 4 unspecified atom stereocenters. The van der Waals surface area contributed by atoms with Crippen LogP contribution in [0, 0.1) is 24.2 Å². The number of hydrogen-bond acceptors (Lipinski definition) is 9. The van der Waals surface area contributed by atoms with Gasteiger partial charge in [0.05, 0.1) is 24.8 Å². The monoisotopic (exact) mass is 535 g/mol. The predicted molar refractivity (Wildman–Crippen MR) is 155 cm³/mol. The van der Waals surface area contributed by atoms with Gasteiger partial charge in [0.25, 0.3) is 0 Å². The lowest BCUT2D eigenvalue weighted by molar-refractivity contribution is 0.122. The molecule has 4 atom stereocenters. The highest BCUT2D eigenvalue weighted by molar-refractivity contribution is 7.38. The highest BCUT2D eigenvalue weighted by atomic mass is 31.1.